The zero-order valence-electron chi connectivity index (χ0n) is 10.4. The second-order valence-corrected chi connectivity index (χ2v) is 5.79. The van der Waals surface area contributed by atoms with Gasteiger partial charge in [-0.1, -0.05) is 18.9 Å². The Kier molecular flexibility index (Phi) is 4.75. The van der Waals surface area contributed by atoms with Crippen molar-refractivity contribution < 1.29 is 4.74 Å². The maximum Gasteiger partial charge on any atom is 0.119 e. The SMILES string of the molecule is COc1cccc(SCC(N)C2CCCC2)c1. The largest absolute Gasteiger partial charge is 0.497 e. The van der Waals surface area contributed by atoms with Crippen LogP contribution in [0.5, 0.6) is 5.75 Å². The van der Waals surface area contributed by atoms with E-state index in [2.05, 4.69) is 12.1 Å². The molecular formula is C14H21NOS. The van der Waals surface area contributed by atoms with Gasteiger partial charge in [-0.05, 0) is 37.0 Å². The van der Waals surface area contributed by atoms with Crippen molar-refractivity contribution >= 4 is 11.8 Å². The van der Waals surface area contributed by atoms with Crippen LogP contribution in [0, 0.1) is 5.92 Å². The molecule has 0 aromatic heterocycles. The van der Waals surface area contributed by atoms with Gasteiger partial charge in [-0.15, -0.1) is 11.8 Å². The van der Waals surface area contributed by atoms with E-state index in [9.17, 15) is 0 Å². The molecule has 1 aromatic rings. The lowest BCUT2D eigenvalue weighted by Gasteiger charge is -2.18. The van der Waals surface area contributed by atoms with Crippen LogP contribution in [0.4, 0.5) is 0 Å². The molecule has 1 aliphatic carbocycles. The van der Waals surface area contributed by atoms with Crippen LogP contribution in [-0.2, 0) is 0 Å². The van der Waals surface area contributed by atoms with Crippen LogP contribution in [0.1, 0.15) is 25.7 Å². The van der Waals surface area contributed by atoms with E-state index in [-0.39, 0.29) is 0 Å². The highest BCUT2D eigenvalue weighted by Gasteiger charge is 2.21. The summed E-state index contributed by atoms with van der Waals surface area (Å²) in [7, 11) is 1.70. The van der Waals surface area contributed by atoms with E-state index >= 15 is 0 Å². The van der Waals surface area contributed by atoms with Gasteiger partial charge in [0.2, 0.25) is 0 Å². The Morgan fingerprint density at radius 1 is 1.41 bits per heavy atom. The molecule has 3 heteroatoms. The van der Waals surface area contributed by atoms with Gasteiger partial charge in [-0.25, -0.2) is 0 Å². The first-order chi connectivity index (χ1) is 8.29. The van der Waals surface area contributed by atoms with Crippen molar-refractivity contribution in [1.29, 1.82) is 0 Å². The Balaban J connectivity index is 1.83. The zero-order chi connectivity index (χ0) is 12.1. The minimum absolute atomic E-state index is 0.341. The fourth-order valence-electron chi connectivity index (χ4n) is 2.41. The predicted molar refractivity (Wildman–Crippen MR) is 73.7 cm³/mol. The molecule has 0 amide bonds. The summed E-state index contributed by atoms with van der Waals surface area (Å²) in [5, 5.41) is 0. The van der Waals surface area contributed by atoms with Crippen molar-refractivity contribution in [2.24, 2.45) is 11.7 Å². The van der Waals surface area contributed by atoms with Crippen LogP contribution in [0.15, 0.2) is 29.2 Å². The van der Waals surface area contributed by atoms with Gasteiger partial charge >= 0.3 is 0 Å². The molecule has 2 rings (SSSR count). The van der Waals surface area contributed by atoms with Gasteiger partial charge < -0.3 is 10.5 Å². The number of methoxy groups -OCH3 is 1. The number of hydrogen-bond donors (Lipinski definition) is 1. The normalized spacial score (nSPS) is 18.2. The van der Waals surface area contributed by atoms with Gasteiger partial charge in [0.1, 0.15) is 5.75 Å². The molecule has 0 saturated heterocycles. The van der Waals surface area contributed by atoms with E-state index in [1.165, 1.54) is 30.6 Å². The van der Waals surface area contributed by atoms with Crippen molar-refractivity contribution in [2.45, 2.75) is 36.6 Å². The molecule has 17 heavy (non-hydrogen) atoms. The van der Waals surface area contributed by atoms with Gasteiger partial charge in [0.15, 0.2) is 0 Å². The molecule has 1 unspecified atom stereocenters. The summed E-state index contributed by atoms with van der Waals surface area (Å²) < 4.78 is 5.22. The number of hydrogen-bond acceptors (Lipinski definition) is 3. The van der Waals surface area contributed by atoms with Crippen molar-refractivity contribution in [3.63, 3.8) is 0 Å². The third-order valence-electron chi connectivity index (χ3n) is 3.49. The molecular weight excluding hydrogens is 230 g/mol. The maximum absolute atomic E-state index is 6.25. The van der Waals surface area contributed by atoms with Gasteiger partial charge in [0.25, 0.3) is 0 Å². The Bertz CT molecular complexity index is 350. The molecule has 1 atom stereocenters. The number of rotatable bonds is 5. The molecule has 0 radical (unpaired) electrons. The lowest BCUT2D eigenvalue weighted by molar-refractivity contribution is 0.413. The predicted octanol–water partition coefficient (Wildman–Crippen LogP) is 3.30. The van der Waals surface area contributed by atoms with Gasteiger partial charge in [0, 0.05) is 16.7 Å². The summed E-state index contributed by atoms with van der Waals surface area (Å²) in [4.78, 5) is 1.25. The van der Waals surface area contributed by atoms with Gasteiger partial charge in [0.05, 0.1) is 7.11 Å². The Morgan fingerprint density at radius 2 is 2.18 bits per heavy atom. The third kappa shape index (κ3) is 3.65. The highest BCUT2D eigenvalue weighted by molar-refractivity contribution is 7.99. The topological polar surface area (TPSA) is 35.2 Å². The number of benzene rings is 1. The first-order valence-electron chi connectivity index (χ1n) is 6.32. The molecule has 2 nitrogen and oxygen atoms in total. The summed E-state index contributed by atoms with van der Waals surface area (Å²) in [6.07, 6.45) is 5.37. The van der Waals surface area contributed by atoms with Gasteiger partial charge in [-0.2, -0.15) is 0 Å². The van der Waals surface area contributed by atoms with Crippen LogP contribution in [0.25, 0.3) is 0 Å². The fourth-order valence-corrected chi connectivity index (χ4v) is 3.44. The standard InChI is InChI=1S/C14H21NOS/c1-16-12-7-4-8-13(9-12)17-10-14(15)11-5-2-3-6-11/h4,7-9,11,14H,2-3,5-6,10,15H2,1H3. The highest BCUT2D eigenvalue weighted by atomic mass is 32.2. The summed E-state index contributed by atoms with van der Waals surface area (Å²) in [6, 6.07) is 8.54. The van der Waals surface area contributed by atoms with E-state index in [1.54, 1.807) is 7.11 Å². The van der Waals surface area contributed by atoms with E-state index < -0.39 is 0 Å². The Hall–Kier alpha value is -0.670. The summed E-state index contributed by atoms with van der Waals surface area (Å²) >= 11 is 1.84. The molecule has 1 fully saturated rings. The maximum atomic E-state index is 6.25. The van der Waals surface area contributed by atoms with E-state index in [0.29, 0.717) is 6.04 Å². The molecule has 0 heterocycles. The van der Waals surface area contributed by atoms with Crippen LogP contribution >= 0.6 is 11.8 Å². The highest BCUT2D eigenvalue weighted by Crippen LogP contribution is 2.30. The lowest BCUT2D eigenvalue weighted by atomic mass is 10.0. The second kappa shape index (κ2) is 6.31. The Labute approximate surface area is 108 Å². The van der Waals surface area contributed by atoms with Crippen LogP contribution < -0.4 is 10.5 Å². The average Bonchev–Trinajstić information content (AvgIpc) is 2.90. The van der Waals surface area contributed by atoms with Crippen molar-refractivity contribution in [3.05, 3.63) is 24.3 Å². The average molecular weight is 251 g/mol. The first-order valence-corrected chi connectivity index (χ1v) is 7.30. The number of thioether (sulfide) groups is 1. The number of nitrogens with two attached hydrogens (primary N) is 1. The molecule has 0 bridgehead atoms. The zero-order valence-corrected chi connectivity index (χ0v) is 11.2. The summed E-state index contributed by atoms with van der Waals surface area (Å²) in [5.74, 6) is 2.68. The quantitative estimate of drug-likeness (QED) is 0.815. The second-order valence-electron chi connectivity index (χ2n) is 4.70. The first kappa shape index (κ1) is 12.8. The molecule has 0 spiro atoms. The van der Waals surface area contributed by atoms with Crippen LogP contribution in [-0.4, -0.2) is 18.9 Å². The number of ether oxygens (including phenoxy) is 1. The molecule has 0 aliphatic heterocycles. The van der Waals surface area contributed by atoms with Crippen molar-refractivity contribution in [1.82, 2.24) is 0 Å². The molecule has 2 N–H and O–H groups in total. The summed E-state index contributed by atoms with van der Waals surface area (Å²) in [5.41, 5.74) is 6.25. The third-order valence-corrected chi connectivity index (χ3v) is 4.63. The summed E-state index contributed by atoms with van der Waals surface area (Å²) in [6.45, 7) is 0. The van der Waals surface area contributed by atoms with Crippen molar-refractivity contribution in [3.8, 4) is 5.75 Å². The van der Waals surface area contributed by atoms with Crippen LogP contribution in [0.3, 0.4) is 0 Å². The minimum Gasteiger partial charge on any atom is -0.497 e. The smallest absolute Gasteiger partial charge is 0.119 e. The van der Waals surface area contributed by atoms with E-state index in [0.717, 1.165) is 17.4 Å². The molecule has 1 aromatic carbocycles. The minimum atomic E-state index is 0.341. The monoisotopic (exact) mass is 251 g/mol. The lowest BCUT2D eigenvalue weighted by Crippen LogP contribution is -2.30. The molecule has 94 valence electrons. The van der Waals surface area contributed by atoms with E-state index in [1.807, 2.05) is 23.9 Å². The molecule has 1 aliphatic rings. The van der Waals surface area contributed by atoms with E-state index in [4.69, 9.17) is 10.5 Å². The molecule has 1 saturated carbocycles. The van der Waals surface area contributed by atoms with Crippen molar-refractivity contribution in [2.75, 3.05) is 12.9 Å². The van der Waals surface area contributed by atoms with Crippen LogP contribution in [0.2, 0.25) is 0 Å². The Morgan fingerprint density at radius 3 is 2.88 bits per heavy atom. The van der Waals surface area contributed by atoms with Gasteiger partial charge in [-0.3, -0.25) is 0 Å². The fraction of sp³-hybridized carbons (Fsp3) is 0.571.